The van der Waals surface area contributed by atoms with Crippen molar-refractivity contribution in [2.75, 3.05) is 29.9 Å². The molecule has 0 spiro atoms. The van der Waals surface area contributed by atoms with Gasteiger partial charge in [-0.15, -0.1) is 0 Å². The number of methoxy groups -OCH3 is 1. The fourth-order valence-electron chi connectivity index (χ4n) is 3.06. The largest absolute Gasteiger partial charge is 0.497 e. The number of halogens is 1. The van der Waals surface area contributed by atoms with Crippen molar-refractivity contribution in [2.24, 2.45) is 5.41 Å². The lowest BCUT2D eigenvalue weighted by Gasteiger charge is -2.26. The number of hydrogen-bond donors (Lipinski definition) is 1. The van der Waals surface area contributed by atoms with Gasteiger partial charge in [0.05, 0.1) is 28.9 Å². The van der Waals surface area contributed by atoms with Crippen LogP contribution in [0.5, 0.6) is 11.5 Å². The summed E-state index contributed by atoms with van der Waals surface area (Å²) in [7, 11) is -2.46. The molecule has 0 atom stereocenters. The van der Waals surface area contributed by atoms with E-state index in [1.165, 1.54) is 25.3 Å². The van der Waals surface area contributed by atoms with Gasteiger partial charge in [-0.2, -0.15) is 0 Å². The van der Waals surface area contributed by atoms with Crippen LogP contribution in [0, 0.1) is 5.41 Å². The normalized spacial score (nSPS) is 15.9. The van der Waals surface area contributed by atoms with Gasteiger partial charge in [0.1, 0.15) is 23.0 Å². The first-order valence-electron chi connectivity index (χ1n) is 9.04. The van der Waals surface area contributed by atoms with E-state index in [0.717, 1.165) is 0 Å². The zero-order valence-electron chi connectivity index (χ0n) is 16.7. The van der Waals surface area contributed by atoms with Gasteiger partial charge in [-0.05, 0) is 45.0 Å². The molecule has 0 radical (unpaired) electrons. The van der Waals surface area contributed by atoms with Gasteiger partial charge in [-0.1, -0.05) is 11.6 Å². The summed E-state index contributed by atoms with van der Waals surface area (Å²) in [6.07, 6.45) is 0. The van der Waals surface area contributed by atoms with Gasteiger partial charge in [0.25, 0.3) is 10.0 Å². The number of carbonyl (C=O) groups is 1. The lowest BCUT2D eigenvalue weighted by atomic mass is 9.93. The first kappa shape index (κ1) is 21.3. The molecule has 2 aromatic rings. The molecule has 3 rings (SSSR count). The second-order valence-electron chi connectivity index (χ2n) is 7.31. The number of benzene rings is 2. The first-order chi connectivity index (χ1) is 13.6. The Kier molecular flexibility index (Phi) is 5.69. The molecule has 0 aromatic heterocycles. The van der Waals surface area contributed by atoms with Crippen LogP contribution >= 0.6 is 11.6 Å². The second kappa shape index (κ2) is 7.76. The van der Waals surface area contributed by atoms with E-state index in [4.69, 9.17) is 21.1 Å². The van der Waals surface area contributed by atoms with Gasteiger partial charge in [0.2, 0.25) is 5.91 Å². The maximum atomic E-state index is 12.8. The SMILES string of the molecule is CCN1C(=O)C(C)(C)COc2cc(NS(=O)(=O)c3ccc(OC)cc3Cl)ccc21. The van der Waals surface area contributed by atoms with Crippen molar-refractivity contribution in [3.63, 3.8) is 0 Å². The van der Waals surface area contributed by atoms with Crippen LogP contribution in [0.15, 0.2) is 41.3 Å². The van der Waals surface area contributed by atoms with Gasteiger partial charge in [-0.3, -0.25) is 9.52 Å². The molecule has 0 unspecified atom stereocenters. The summed E-state index contributed by atoms with van der Waals surface area (Å²) in [4.78, 5) is 14.3. The summed E-state index contributed by atoms with van der Waals surface area (Å²) in [5.74, 6) is 0.850. The highest BCUT2D eigenvalue weighted by Gasteiger charge is 2.37. The van der Waals surface area contributed by atoms with Crippen molar-refractivity contribution >= 4 is 38.9 Å². The highest BCUT2D eigenvalue weighted by atomic mass is 35.5. The molecule has 1 heterocycles. The topological polar surface area (TPSA) is 84.9 Å². The van der Waals surface area contributed by atoms with Gasteiger partial charge < -0.3 is 14.4 Å². The minimum absolute atomic E-state index is 0.0444. The third kappa shape index (κ3) is 4.13. The molecule has 1 aliphatic rings. The zero-order chi connectivity index (χ0) is 21.4. The summed E-state index contributed by atoms with van der Waals surface area (Å²) < 4.78 is 39.0. The number of anilines is 2. The van der Waals surface area contributed by atoms with Crippen molar-refractivity contribution < 1.29 is 22.7 Å². The van der Waals surface area contributed by atoms with Crippen LogP contribution in [-0.4, -0.2) is 34.6 Å². The van der Waals surface area contributed by atoms with Gasteiger partial charge in [-0.25, -0.2) is 8.42 Å². The van der Waals surface area contributed by atoms with Crippen LogP contribution in [0.4, 0.5) is 11.4 Å². The molecule has 7 nitrogen and oxygen atoms in total. The smallest absolute Gasteiger partial charge is 0.263 e. The molecule has 1 amide bonds. The minimum atomic E-state index is -3.93. The Labute approximate surface area is 175 Å². The molecule has 156 valence electrons. The molecular weight excluding hydrogens is 416 g/mol. The molecular formula is C20H23ClN2O5S. The van der Waals surface area contributed by atoms with Crippen molar-refractivity contribution in [2.45, 2.75) is 25.7 Å². The van der Waals surface area contributed by atoms with E-state index < -0.39 is 15.4 Å². The van der Waals surface area contributed by atoms with E-state index in [1.807, 2.05) is 20.8 Å². The van der Waals surface area contributed by atoms with Crippen molar-refractivity contribution in [1.82, 2.24) is 0 Å². The molecule has 0 saturated heterocycles. The summed E-state index contributed by atoms with van der Waals surface area (Å²) in [6, 6.07) is 9.17. The standard InChI is InChI=1S/C20H23ClN2O5S/c1-5-23-16-8-6-13(10-17(16)28-12-20(2,3)19(23)24)22-29(25,26)18-9-7-14(27-4)11-15(18)21/h6-11,22H,5,12H2,1-4H3. The Balaban J connectivity index is 1.95. The molecule has 0 fully saturated rings. The molecule has 29 heavy (non-hydrogen) atoms. The van der Waals surface area contributed by atoms with Gasteiger partial charge in [0, 0.05) is 18.7 Å². The van der Waals surface area contributed by atoms with Crippen molar-refractivity contribution in [1.29, 1.82) is 0 Å². The fraction of sp³-hybridized carbons (Fsp3) is 0.350. The second-order valence-corrected chi connectivity index (χ2v) is 9.36. The number of hydrogen-bond acceptors (Lipinski definition) is 5. The maximum Gasteiger partial charge on any atom is 0.263 e. The number of fused-ring (bicyclic) bond motifs is 1. The van der Waals surface area contributed by atoms with E-state index in [0.29, 0.717) is 29.4 Å². The van der Waals surface area contributed by atoms with E-state index in [1.54, 1.807) is 23.1 Å². The van der Waals surface area contributed by atoms with Crippen LogP contribution in [0.25, 0.3) is 0 Å². The average molecular weight is 439 g/mol. The number of rotatable bonds is 5. The van der Waals surface area contributed by atoms with Crippen LogP contribution in [0.1, 0.15) is 20.8 Å². The van der Waals surface area contributed by atoms with E-state index >= 15 is 0 Å². The van der Waals surface area contributed by atoms with Crippen molar-refractivity contribution in [3.05, 3.63) is 41.4 Å². The Hall–Kier alpha value is -2.45. The molecule has 2 aromatic carbocycles. The minimum Gasteiger partial charge on any atom is -0.497 e. The molecule has 0 aliphatic carbocycles. The third-order valence-corrected chi connectivity index (χ3v) is 6.52. The van der Waals surface area contributed by atoms with Crippen molar-refractivity contribution in [3.8, 4) is 11.5 Å². The molecule has 9 heteroatoms. The van der Waals surface area contributed by atoms with Crippen LogP contribution in [0.2, 0.25) is 5.02 Å². The van der Waals surface area contributed by atoms with Crippen LogP contribution < -0.4 is 19.1 Å². The Morgan fingerprint density at radius 3 is 2.59 bits per heavy atom. The Morgan fingerprint density at radius 1 is 1.24 bits per heavy atom. The van der Waals surface area contributed by atoms with Gasteiger partial charge >= 0.3 is 0 Å². The van der Waals surface area contributed by atoms with E-state index in [2.05, 4.69) is 4.72 Å². The van der Waals surface area contributed by atoms with Crippen LogP contribution in [0.3, 0.4) is 0 Å². The van der Waals surface area contributed by atoms with E-state index in [9.17, 15) is 13.2 Å². The lowest BCUT2D eigenvalue weighted by molar-refractivity contribution is -0.127. The maximum absolute atomic E-state index is 12.8. The lowest BCUT2D eigenvalue weighted by Crippen LogP contribution is -2.42. The highest BCUT2D eigenvalue weighted by Crippen LogP contribution is 2.38. The monoisotopic (exact) mass is 438 g/mol. The summed E-state index contributed by atoms with van der Waals surface area (Å²) >= 11 is 6.11. The number of amides is 1. The quantitative estimate of drug-likeness (QED) is 0.764. The fourth-order valence-corrected chi connectivity index (χ4v) is 4.65. The predicted molar refractivity (Wildman–Crippen MR) is 113 cm³/mol. The Bertz CT molecular complexity index is 1050. The molecule has 0 bridgehead atoms. The summed E-state index contributed by atoms with van der Waals surface area (Å²) in [5.41, 5.74) is 0.220. The predicted octanol–water partition coefficient (Wildman–Crippen LogP) is 3.92. The first-order valence-corrected chi connectivity index (χ1v) is 10.9. The number of sulfonamides is 1. The molecule has 0 saturated carbocycles. The third-order valence-electron chi connectivity index (χ3n) is 4.66. The van der Waals surface area contributed by atoms with Crippen LogP contribution in [-0.2, 0) is 14.8 Å². The Morgan fingerprint density at radius 2 is 1.97 bits per heavy atom. The molecule has 1 aliphatic heterocycles. The van der Waals surface area contributed by atoms with E-state index in [-0.39, 0.29) is 22.4 Å². The average Bonchev–Trinajstić information content (AvgIpc) is 2.75. The summed E-state index contributed by atoms with van der Waals surface area (Å²) in [5, 5.41) is 0.0485. The highest BCUT2D eigenvalue weighted by molar-refractivity contribution is 7.92. The van der Waals surface area contributed by atoms with Gasteiger partial charge in [0.15, 0.2) is 0 Å². The number of ether oxygens (including phenoxy) is 2. The number of nitrogens with zero attached hydrogens (tertiary/aromatic N) is 1. The summed E-state index contributed by atoms with van der Waals surface area (Å²) in [6.45, 7) is 6.19. The molecule has 1 N–H and O–H groups in total. The zero-order valence-corrected chi connectivity index (χ0v) is 18.2. The number of carbonyl (C=O) groups excluding carboxylic acids is 1. The number of nitrogens with one attached hydrogen (secondary N) is 1.